The zero-order chi connectivity index (χ0) is 19.7. The van der Waals surface area contributed by atoms with Crippen molar-refractivity contribution >= 4 is 17.6 Å². The van der Waals surface area contributed by atoms with Gasteiger partial charge in [-0.05, 0) is 55.5 Å². The fourth-order valence-electron chi connectivity index (χ4n) is 4.36. The molecule has 0 amide bonds. The number of aromatic hydroxyl groups is 1. The van der Waals surface area contributed by atoms with Crippen LogP contribution in [0.5, 0.6) is 5.75 Å². The molecular formula is C21H27N6O+. The van der Waals surface area contributed by atoms with E-state index in [1.807, 2.05) is 18.2 Å². The van der Waals surface area contributed by atoms with Gasteiger partial charge in [-0.3, -0.25) is 5.41 Å². The Hall–Kier alpha value is -2.93. The maximum atomic E-state index is 10.4. The Bertz CT molecular complexity index is 882. The molecular weight excluding hydrogens is 352 g/mol. The van der Waals surface area contributed by atoms with Crippen molar-refractivity contribution in [2.75, 3.05) is 11.9 Å². The third-order valence-corrected chi connectivity index (χ3v) is 5.97. The smallest absolute Gasteiger partial charge is 0.169 e. The average molecular weight is 379 g/mol. The normalized spacial score (nSPS) is 24.2. The molecule has 0 aliphatic carbocycles. The summed E-state index contributed by atoms with van der Waals surface area (Å²) in [7, 11) is 2.09. The molecule has 3 heterocycles. The Morgan fingerprint density at radius 3 is 2.54 bits per heavy atom. The lowest BCUT2D eigenvalue weighted by Gasteiger charge is -2.36. The number of piperidine rings is 1. The number of rotatable bonds is 5. The molecule has 0 spiro atoms. The second-order valence-electron chi connectivity index (χ2n) is 7.67. The Morgan fingerprint density at radius 1 is 1.21 bits per heavy atom. The van der Waals surface area contributed by atoms with Gasteiger partial charge < -0.3 is 21.1 Å². The molecule has 2 atom stereocenters. The van der Waals surface area contributed by atoms with Gasteiger partial charge in [0.05, 0.1) is 11.3 Å². The van der Waals surface area contributed by atoms with Crippen molar-refractivity contribution in [3.63, 3.8) is 0 Å². The highest BCUT2D eigenvalue weighted by molar-refractivity contribution is 6.07. The minimum atomic E-state index is 0.115. The van der Waals surface area contributed by atoms with E-state index in [-0.39, 0.29) is 5.75 Å². The lowest BCUT2D eigenvalue weighted by molar-refractivity contribution is -0.103. The number of hydrogen-bond acceptors (Lipinski definition) is 6. The second-order valence-corrected chi connectivity index (χ2v) is 7.67. The standard InChI is InChI=1S/C21H26N6O/c1-27(17-9-15-3-4-16(10-17)24-15)21-7-6-19(25-26-21)18-5-2-13(8-20(18)28)14(11-22)12-23/h2,5-8,11-12,15-17,22,24,28H,3-4,9-10,23H2,1H3/p+1. The molecule has 1 aromatic heterocycles. The number of nitrogens with one attached hydrogen (secondary N) is 1. The third kappa shape index (κ3) is 3.45. The molecule has 28 heavy (non-hydrogen) atoms. The van der Waals surface area contributed by atoms with E-state index in [0.29, 0.717) is 35.0 Å². The molecule has 2 bridgehead atoms. The number of allylic oxidation sites excluding steroid dienone is 1. The molecule has 1 aromatic carbocycles. The van der Waals surface area contributed by atoms with Crippen molar-refractivity contribution in [2.45, 2.75) is 43.8 Å². The van der Waals surface area contributed by atoms with Crippen molar-refractivity contribution in [1.82, 2.24) is 15.5 Å². The highest BCUT2D eigenvalue weighted by Crippen LogP contribution is 2.33. The molecule has 0 radical (unpaired) electrons. The number of hydrogen-bond donors (Lipinski definition) is 4. The van der Waals surface area contributed by atoms with Gasteiger partial charge in [0.15, 0.2) is 12.0 Å². The van der Waals surface area contributed by atoms with E-state index in [2.05, 4.69) is 27.5 Å². The van der Waals surface area contributed by atoms with Crippen LogP contribution in [0.1, 0.15) is 31.2 Å². The van der Waals surface area contributed by atoms with E-state index in [4.69, 9.17) is 11.1 Å². The molecule has 2 aromatic rings. The van der Waals surface area contributed by atoms with Crippen LogP contribution in [0.4, 0.5) is 5.82 Å². The first kappa shape index (κ1) is 18.4. The van der Waals surface area contributed by atoms with E-state index >= 15 is 0 Å². The Morgan fingerprint density at radius 2 is 1.96 bits per heavy atom. The summed E-state index contributed by atoms with van der Waals surface area (Å²) in [6.07, 6.45) is 7.66. The number of benzene rings is 1. The average Bonchev–Trinajstić information content (AvgIpc) is 3.06. The van der Waals surface area contributed by atoms with Crippen LogP contribution in [0, 0.1) is 0 Å². The molecule has 2 unspecified atom stereocenters. The summed E-state index contributed by atoms with van der Waals surface area (Å²) in [5.74, 6) is 0.973. The monoisotopic (exact) mass is 379 g/mol. The van der Waals surface area contributed by atoms with Crippen LogP contribution in [-0.4, -0.2) is 46.7 Å². The molecule has 4 rings (SSSR count). The van der Waals surface area contributed by atoms with Crippen molar-refractivity contribution in [3.05, 3.63) is 42.1 Å². The summed E-state index contributed by atoms with van der Waals surface area (Å²) in [5.41, 5.74) is 8.21. The van der Waals surface area contributed by atoms with E-state index in [0.717, 1.165) is 24.2 Å². The Balaban J connectivity index is 1.52. The predicted molar refractivity (Wildman–Crippen MR) is 111 cm³/mol. The highest BCUT2D eigenvalue weighted by Gasteiger charge is 2.35. The first-order valence-electron chi connectivity index (χ1n) is 9.72. The van der Waals surface area contributed by atoms with Gasteiger partial charge in [0, 0.05) is 36.9 Å². The topological polar surface area (TPSA) is 113 Å². The molecule has 2 aliphatic rings. The third-order valence-electron chi connectivity index (χ3n) is 5.97. The fraction of sp³-hybridized carbons (Fsp3) is 0.381. The van der Waals surface area contributed by atoms with Gasteiger partial charge in [-0.25, -0.2) is 0 Å². The minimum absolute atomic E-state index is 0.115. The van der Waals surface area contributed by atoms with Gasteiger partial charge >= 0.3 is 0 Å². The molecule has 146 valence electrons. The summed E-state index contributed by atoms with van der Waals surface area (Å²) >= 11 is 0. The maximum absolute atomic E-state index is 10.4. The van der Waals surface area contributed by atoms with Gasteiger partial charge in [-0.15, -0.1) is 10.2 Å². The zero-order valence-electron chi connectivity index (χ0n) is 16.0. The van der Waals surface area contributed by atoms with E-state index in [1.165, 1.54) is 25.3 Å². The van der Waals surface area contributed by atoms with Crippen molar-refractivity contribution in [1.29, 1.82) is 0 Å². The van der Waals surface area contributed by atoms with E-state index in [9.17, 15) is 5.11 Å². The maximum Gasteiger partial charge on any atom is 0.169 e. The van der Waals surface area contributed by atoms with Crippen LogP contribution in [-0.2, 0) is 0 Å². The largest absolute Gasteiger partial charge is 0.507 e. The summed E-state index contributed by atoms with van der Waals surface area (Å²) in [6, 6.07) is 10.9. The summed E-state index contributed by atoms with van der Waals surface area (Å²) in [6.45, 7) is 0. The van der Waals surface area contributed by atoms with Crippen LogP contribution in [0.25, 0.3) is 16.8 Å². The van der Waals surface area contributed by atoms with Gasteiger partial charge in [0.25, 0.3) is 0 Å². The summed E-state index contributed by atoms with van der Waals surface area (Å²) in [4.78, 5) is 2.24. The lowest BCUT2D eigenvalue weighted by atomic mass is 9.98. The van der Waals surface area contributed by atoms with E-state index < -0.39 is 0 Å². The Labute approximate surface area is 164 Å². The second kappa shape index (κ2) is 7.59. The number of phenols is 1. The number of nitrogens with two attached hydrogens (primary N) is 2. The molecule has 0 saturated carbocycles. The molecule has 2 fully saturated rings. The fourth-order valence-corrected chi connectivity index (χ4v) is 4.36. The lowest BCUT2D eigenvalue weighted by Crippen LogP contribution is -2.47. The quantitative estimate of drug-likeness (QED) is 0.569. The number of fused-ring (bicyclic) bond motifs is 2. The van der Waals surface area contributed by atoms with Gasteiger partial charge in [0.2, 0.25) is 0 Å². The van der Waals surface area contributed by atoms with Crippen LogP contribution in [0.2, 0.25) is 0 Å². The Kier molecular flexibility index (Phi) is 5.00. The molecule has 2 aliphatic heterocycles. The molecule has 2 saturated heterocycles. The van der Waals surface area contributed by atoms with Crippen molar-refractivity contribution in [2.24, 2.45) is 5.73 Å². The van der Waals surface area contributed by atoms with Crippen molar-refractivity contribution < 1.29 is 10.5 Å². The molecule has 7 nitrogen and oxygen atoms in total. The van der Waals surface area contributed by atoms with Gasteiger partial charge in [0.1, 0.15) is 5.75 Å². The zero-order valence-corrected chi connectivity index (χ0v) is 16.0. The summed E-state index contributed by atoms with van der Waals surface area (Å²) < 4.78 is 0. The highest BCUT2D eigenvalue weighted by atomic mass is 16.3. The van der Waals surface area contributed by atoms with Gasteiger partial charge in [-0.1, -0.05) is 6.07 Å². The minimum Gasteiger partial charge on any atom is -0.507 e. The number of aromatic nitrogens is 2. The van der Waals surface area contributed by atoms with Crippen molar-refractivity contribution in [3.8, 4) is 17.0 Å². The van der Waals surface area contributed by atoms with Crippen LogP contribution >= 0.6 is 0 Å². The summed E-state index contributed by atoms with van der Waals surface area (Å²) in [5, 5.41) is 28.4. The number of nitrogens with zero attached hydrogens (tertiary/aromatic N) is 3. The molecule has 6 N–H and O–H groups in total. The number of phenolic OH excluding ortho intramolecular Hbond substituents is 1. The molecule has 7 heteroatoms. The SMILES string of the molecule is CN(c1ccc(-c2ccc(C(C=[NH2+])=CN)cc2O)nn1)C1CC2CCC(C1)N2. The number of anilines is 1. The van der Waals surface area contributed by atoms with Crippen LogP contribution in [0.3, 0.4) is 0 Å². The predicted octanol–water partition coefficient (Wildman–Crippen LogP) is 0.698. The first-order chi connectivity index (χ1) is 13.6. The van der Waals surface area contributed by atoms with E-state index in [1.54, 1.807) is 12.1 Å². The van der Waals surface area contributed by atoms with Crippen LogP contribution in [0.15, 0.2) is 36.5 Å². The van der Waals surface area contributed by atoms with Crippen LogP contribution < -0.4 is 21.4 Å². The van der Waals surface area contributed by atoms with Gasteiger partial charge in [-0.2, -0.15) is 0 Å². The first-order valence-corrected chi connectivity index (χ1v) is 9.72.